The Morgan fingerprint density at radius 2 is 1.52 bits per heavy atom. The molecule has 0 aromatic heterocycles. The fraction of sp³-hybridized carbons (Fsp3) is 0.576. The van der Waals surface area contributed by atoms with Crippen LogP contribution in [0, 0.1) is 11.3 Å². The van der Waals surface area contributed by atoms with Crippen LogP contribution in [0.2, 0.25) is 0 Å². The second kappa shape index (κ2) is 13.4. The highest BCUT2D eigenvalue weighted by Gasteiger charge is 2.40. The number of esters is 1. The number of aryl methyl sites for hydroxylation is 1. The monoisotopic (exact) mass is 552 g/mol. The minimum atomic E-state index is -0.534. The van der Waals surface area contributed by atoms with Gasteiger partial charge in [0, 0.05) is 19.8 Å². The van der Waals surface area contributed by atoms with Crippen molar-refractivity contribution in [2.75, 3.05) is 14.2 Å². The molecule has 1 spiro atoms. The normalized spacial score (nSPS) is 18.3. The summed E-state index contributed by atoms with van der Waals surface area (Å²) in [6, 6.07) is 10.6. The zero-order valence-electron chi connectivity index (χ0n) is 24.1. The number of benzene rings is 2. The number of ketones is 1. The number of hydrogen-bond acceptors (Lipinski definition) is 7. The minimum absolute atomic E-state index is 0.0140. The molecule has 0 amide bonds. The van der Waals surface area contributed by atoms with E-state index in [1.165, 1.54) is 59.7 Å². The largest absolute Gasteiger partial charge is 0.504 e. The van der Waals surface area contributed by atoms with Crippen LogP contribution in [0.3, 0.4) is 0 Å². The molecule has 2 aromatic carbocycles. The molecule has 0 aliphatic heterocycles. The zero-order chi connectivity index (χ0) is 28.7. The number of phenols is 2. The Morgan fingerprint density at radius 1 is 0.900 bits per heavy atom. The highest BCUT2D eigenvalue weighted by atomic mass is 16.5. The van der Waals surface area contributed by atoms with E-state index in [2.05, 4.69) is 0 Å². The number of aromatic hydroxyl groups is 2. The molecule has 2 fully saturated rings. The molecule has 2 unspecified atom stereocenters. The number of phenolic OH excluding ortho intramolecular Hbond substituents is 2. The van der Waals surface area contributed by atoms with Crippen LogP contribution in [0.1, 0.15) is 94.6 Å². The number of methoxy groups -OCH3 is 2. The van der Waals surface area contributed by atoms with Gasteiger partial charge >= 0.3 is 5.97 Å². The van der Waals surface area contributed by atoms with Crippen molar-refractivity contribution >= 4 is 11.8 Å². The summed E-state index contributed by atoms with van der Waals surface area (Å²) in [4.78, 5) is 25.4. The Balaban J connectivity index is 1.47. The summed E-state index contributed by atoms with van der Waals surface area (Å²) < 4.78 is 16.2. The average Bonchev–Trinajstić information content (AvgIpc) is 3.39. The van der Waals surface area contributed by atoms with Gasteiger partial charge in [0.05, 0.1) is 14.2 Å². The van der Waals surface area contributed by atoms with Crippen LogP contribution in [-0.2, 0) is 20.7 Å². The predicted octanol–water partition coefficient (Wildman–Crippen LogP) is 6.86. The van der Waals surface area contributed by atoms with E-state index in [-0.39, 0.29) is 29.6 Å². The quantitative estimate of drug-likeness (QED) is 0.277. The maximum Gasteiger partial charge on any atom is 0.302 e. The Hall–Kier alpha value is -3.22. The van der Waals surface area contributed by atoms with Gasteiger partial charge in [0.2, 0.25) is 0 Å². The van der Waals surface area contributed by atoms with E-state index in [1.54, 1.807) is 24.3 Å². The van der Waals surface area contributed by atoms with E-state index in [1.807, 2.05) is 12.1 Å². The first kappa shape index (κ1) is 29.8. The summed E-state index contributed by atoms with van der Waals surface area (Å²) in [6.07, 6.45) is 11.0. The summed E-state index contributed by atoms with van der Waals surface area (Å²) in [5, 5.41) is 20.1. The molecule has 7 nitrogen and oxygen atoms in total. The molecule has 40 heavy (non-hydrogen) atoms. The van der Waals surface area contributed by atoms with E-state index in [4.69, 9.17) is 14.2 Å². The second-order valence-electron chi connectivity index (χ2n) is 11.8. The van der Waals surface area contributed by atoms with Crippen molar-refractivity contribution in [2.24, 2.45) is 11.3 Å². The molecule has 2 aliphatic rings. The van der Waals surface area contributed by atoms with Gasteiger partial charge in [0.1, 0.15) is 11.9 Å². The third-order valence-corrected chi connectivity index (χ3v) is 9.19. The summed E-state index contributed by atoms with van der Waals surface area (Å²) in [5.41, 5.74) is 2.43. The van der Waals surface area contributed by atoms with Gasteiger partial charge in [-0.1, -0.05) is 25.0 Å². The Kier molecular flexibility index (Phi) is 9.99. The summed E-state index contributed by atoms with van der Waals surface area (Å²) in [5.74, 6) is 1.00. The van der Waals surface area contributed by atoms with E-state index < -0.39 is 12.1 Å². The van der Waals surface area contributed by atoms with Crippen LogP contribution >= 0.6 is 0 Å². The molecule has 2 N–H and O–H groups in total. The first-order valence-corrected chi connectivity index (χ1v) is 14.6. The molecule has 2 atom stereocenters. The molecular formula is C33H44O7. The van der Waals surface area contributed by atoms with Gasteiger partial charge in [-0.2, -0.15) is 0 Å². The lowest BCUT2D eigenvalue weighted by Crippen LogP contribution is -2.29. The fourth-order valence-electron chi connectivity index (χ4n) is 6.99. The standard InChI is InChI=1S/C33H44O7/c1-22(34)40-27(9-6-23-7-10-29(36)31(18-23)38-2)20-26(35)21-28(25-8-11-30(37)32(19-25)39-3)24-12-16-33(17-13-24)14-4-5-15-33/h7-8,10-11,18-19,24,27-28,36-37H,4-6,9,12-17,20-21H2,1-3H3. The number of hydrogen-bond donors (Lipinski definition) is 2. The van der Waals surface area contributed by atoms with Crippen molar-refractivity contribution in [3.8, 4) is 23.0 Å². The maximum absolute atomic E-state index is 13.6. The molecule has 2 saturated carbocycles. The van der Waals surface area contributed by atoms with E-state index in [0.717, 1.165) is 24.0 Å². The number of carbonyl (C=O) groups is 2. The number of ether oxygens (including phenoxy) is 3. The van der Waals surface area contributed by atoms with Gasteiger partial charge in [-0.15, -0.1) is 0 Å². The number of carbonyl (C=O) groups excluding carboxylic acids is 2. The van der Waals surface area contributed by atoms with Crippen molar-refractivity contribution in [1.82, 2.24) is 0 Å². The van der Waals surface area contributed by atoms with Crippen molar-refractivity contribution in [3.63, 3.8) is 0 Å². The summed E-state index contributed by atoms with van der Waals surface area (Å²) in [6.45, 7) is 1.37. The predicted molar refractivity (Wildman–Crippen MR) is 153 cm³/mol. The van der Waals surface area contributed by atoms with Crippen LogP contribution in [0.4, 0.5) is 0 Å². The Morgan fingerprint density at radius 3 is 2.15 bits per heavy atom. The number of Topliss-reactive ketones (excluding diaryl/α,β-unsaturated/α-hetero) is 1. The lowest BCUT2D eigenvalue weighted by Gasteiger charge is -2.40. The molecule has 0 heterocycles. The van der Waals surface area contributed by atoms with Gasteiger partial charge in [-0.3, -0.25) is 9.59 Å². The average molecular weight is 553 g/mol. The van der Waals surface area contributed by atoms with Crippen molar-refractivity contribution in [2.45, 2.75) is 96.0 Å². The Bertz CT molecular complexity index is 1160. The van der Waals surface area contributed by atoms with Crippen molar-refractivity contribution in [3.05, 3.63) is 47.5 Å². The van der Waals surface area contributed by atoms with Gasteiger partial charge in [0.15, 0.2) is 23.0 Å². The van der Waals surface area contributed by atoms with Gasteiger partial charge in [-0.05, 0) is 104 Å². The molecule has 2 aromatic rings. The van der Waals surface area contributed by atoms with E-state index >= 15 is 0 Å². The molecule has 218 valence electrons. The molecular weight excluding hydrogens is 508 g/mol. The first-order valence-electron chi connectivity index (χ1n) is 14.6. The lowest BCUT2D eigenvalue weighted by atomic mass is 9.65. The topological polar surface area (TPSA) is 102 Å². The zero-order valence-corrected chi connectivity index (χ0v) is 24.1. The fourth-order valence-corrected chi connectivity index (χ4v) is 6.99. The van der Waals surface area contributed by atoms with Crippen LogP contribution in [0.5, 0.6) is 23.0 Å². The van der Waals surface area contributed by atoms with Gasteiger partial charge < -0.3 is 24.4 Å². The molecule has 7 heteroatoms. The maximum atomic E-state index is 13.6. The third-order valence-electron chi connectivity index (χ3n) is 9.19. The SMILES string of the molecule is COc1cc(CCC(CC(=O)CC(c2ccc(O)c(OC)c2)C2CCC3(CCCC3)CC2)OC(C)=O)ccc1O. The minimum Gasteiger partial charge on any atom is -0.504 e. The van der Waals surface area contributed by atoms with Gasteiger partial charge in [0.25, 0.3) is 0 Å². The molecule has 0 bridgehead atoms. The molecule has 4 rings (SSSR count). The van der Waals surface area contributed by atoms with Crippen molar-refractivity contribution < 1.29 is 34.0 Å². The molecule has 0 radical (unpaired) electrons. The van der Waals surface area contributed by atoms with E-state index in [0.29, 0.717) is 42.1 Å². The number of rotatable bonds is 12. The second-order valence-corrected chi connectivity index (χ2v) is 11.8. The molecule has 0 saturated heterocycles. The Labute approximate surface area is 237 Å². The first-order chi connectivity index (χ1) is 19.2. The van der Waals surface area contributed by atoms with Crippen LogP contribution in [0.25, 0.3) is 0 Å². The van der Waals surface area contributed by atoms with Gasteiger partial charge in [-0.25, -0.2) is 0 Å². The third kappa shape index (κ3) is 7.49. The lowest BCUT2D eigenvalue weighted by molar-refractivity contribution is -0.147. The van der Waals surface area contributed by atoms with Crippen LogP contribution < -0.4 is 9.47 Å². The summed E-state index contributed by atoms with van der Waals surface area (Å²) in [7, 11) is 3.04. The van der Waals surface area contributed by atoms with Crippen LogP contribution in [0.15, 0.2) is 36.4 Å². The molecule has 2 aliphatic carbocycles. The highest BCUT2D eigenvalue weighted by Crippen LogP contribution is 2.53. The van der Waals surface area contributed by atoms with E-state index in [9.17, 15) is 19.8 Å². The van der Waals surface area contributed by atoms with Crippen LogP contribution in [-0.4, -0.2) is 42.3 Å². The van der Waals surface area contributed by atoms with Crippen molar-refractivity contribution in [1.29, 1.82) is 0 Å². The highest BCUT2D eigenvalue weighted by molar-refractivity contribution is 5.80. The summed E-state index contributed by atoms with van der Waals surface area (Å²) >= 11 is 0. The smallest absolute Gasteiger partial charge is 0.302 e.